The number of anilines is 1. The van der Waals surface area contributed by atoms with Gasteiger partial charge in [-0.2, -0.15) is 5.10 Å². The Bertz CT molecular complexity index is 754. The van der Waals surface area contributed by atoms with E-state index in [1.54, 1.807) is 6.20 Å². The van der Waals surface area contributed by atoms with Gasteiger partial charge in [-0.3, -0.25) is 9.48 Å². The molecule has 3 heterocycles. The first-order chi connectivity index (χ1) is 11.5. The van der Waals surface area contributed by atoms with Crippen molar-refractivity contribution < 1.29 is 4.79 Å². The average molecular weight is 328 g/mol. The lowest BCUT2D eigenvalue weighted by molar-refractivity contribution is -0.127. The molecule has 0 saturated carbocycles. The van der Waals surface area contributed by atoms with Crippen LogP contribution in [0.3, 0.4) is 0 Å². The highest BCUT2D eigenvalue weighted by atomic mass is 16.2. The van der Waals surface area contributed by atoms with E-state index in [4.69, 9.17) is 0 Å². The van der Waals surface area contributed by atoms with E-state index >= 15 is 0 Å². The molecule has 0 bridgehead atoms. The van der Waals surface area contributed by atoms with Crippen LogP contribution >= 0.6 is 0 Å². The van der Waals surface area contributed by atoms with Crippen LogP contribution in [0.2, 0.25) is 0 Å². The van der Waals surface area contributed by atoms with Crippen LogP contribution < -0.4 is 5.32 Å². The fraction of sp³-hybridized carbons (Fsp3) is 0.529. The third-order valence-corrected chi connectivity index (χ3v) is 4.65. The summed E-state index contributed by atoms with van der Waals surface area (Å²) in [6, 6.07) is 1.90. The highest BCUT2D eigenvalue weighted by molar-refractivity contribution is 5.78. The molecule has 128 valence electrons. The van der Waals surface area contributed by atoms with E-state index in [1.807, 2.05) is 43.5 Å². The van der Waals surface area contributed by atoms with Gasteiger partial charge in [0.25, 0.3) is 0 Å². The number of aromatic nitrogens is 4. The molecule has 1 amide bonds. The maximum Gasteiger partial charge on any atom is 0.223 e. The Morgan fingerprint density at radius 1 is 1.38 bits per heavy atom. The molecular weight excluding hydrogens is 304 g/mol. The van der Waals surface area contributed by atoms with Crippen LogP contribution in [0.5, 0.6) is 0 Å². The lowest BCUT2D eigenvalue weighted by Gasteiger charge is -2.14. The first kappa shape index (κ1) is 16.4. The van der Waals surface area contributed by atoms with E-state index in [9.17, 15) is 4.79 Å². The van der Waals surface area contributed by atoms with Crippen molar-refractivity contribution in [1.29, 1.82) is 0 Å². The number of nitrogens with zero attached hydrogens (tertiary/aromatic N) is 5. The van der Waals surface area contributed by atoms with E-state index in [0.29, 0.717) is 24.8 Å². The SMILES string of the molecule is CCN1C[C@H](CNc2nccc(-c3c(C)nn(C)c3C)n2)CC1=O. The lowest BCUT2D eigenvalue weighted by Crippen LogP contribution is -2.25. The molecule has 1 atom stereocenters. The number of likely N-dealkylation sites (tertiary alicyclic amines) is 1. The molecule has 0 aliphatic carbocycles. The Kier molecular flexibility index (Phi) is 4.51. The maximum atomic E-state index is 11.8. The Morgan fingerprint density at radius 2 is 2.17 bits per heavy atom. The summed E-state index contributed by atoms with van der Waals surface area (Å²) in [6.07, 6.45) is 2.36. The summed E-state index contributed by atoms with van der Waals surface area (Å²) in [5.74, 6) is 1.14. The van der Waals surface area contributed by atoms with Gasteiger partial charge in [-0.25, -0.2) is 9.97 Å². The lowest BCUT2D eigenvalue weighted by atomic mass is 10.1. The van der Waals surface area contributed by atoms with Gasteiger partial charge in [-0.1, -0.05) is 0 Å². The molecule has 7 heteroatoms. The molecule has 1 N–H and O–H groups in total. The molecule has 24 heavy (non-hydrogen) atoms. The van der Waals surface area contributed by atoms with Crippen LogP contribution in [0.1, 0.15) is 24.7 Å². The van der Waals surface area contributed by atoms with Gasteiger partial charge in [0.15, 0.2) is 0 Å². The molecule has 1 aliphatic rings. The minimum Gasteiger partial charge on any atom is -0.354 e. The van der Waals surface area contributed by atoms with Crippen molar-refractivity contribution in [2.24, 2.45) is 13.0 Å². The van der Waals surface area contributed by atoms with Gasteiger partial charge in [-0.15, -0.1) is 0 Å². The third kappa shape index (κ3) is 3.11. The summed E-state index contributed by atoms with van der Waals surface area (Å²) in [5.41, 5.74) is 3.96. The number of carbonyl (C=O) groups excluding carboxylic acids is 1. The van der Waals surface area contributed by atoms with Gasteiger partial charge in [0.05, 0.1) is 11.4 Å². The summed E-state index contributed by atoms with van der Waals surface area (Å²) in [7, 11) is 1.93. The smallest absolute Gasteiger partial charge is 0.223 e. The van der Waals surface area contributed by atoms with Gasteiger partial charge in [0.1, 0.15) is 0 Å². The third-order valence-electron chi connectivity index (χ3n) is 4.65. The molecule has 0 unspecified atom stereocenters. The van der Waals surface area contributed by atoms with Gasteiger partial charge in [-0.05, 0) is 26.8 Å². The van der Waals surface area contributed by atoms with Crippen LogP contribution in [0.4, 0.5) is 5.95 Å². The molecule has 0 aromatic carbocycles. The maximum absolute atomic E-state index is 11.8. The topological polar surface area (TPSA) is 75.9 Å². The number of hydrogen-bond acceptors (Lipinski definition) is 5. The van der Waals surface area contributed by atoms with E-state index < -0.39 is 0 Å². The molecular formula is C17H24N6O. The minimum atomic E-state index is 0.237. The second-order valence-electron chi connectivity index (χ2n) is 6.32. The van der Waals surface area contributed by atoms with E-state index in [1.165, 1.54) is 0 Å². The van der Waals surface area contributed by atoms with E-state index in [-0.39, 0.29) is 5.91 Å². The Hall–Kier alpha value is -2.44. The number of aryl methyl sites for hydroxylation is 2. The Labute approximate surface area is 142 Å². The van der Waals surface area contributed by atoms with Crippen LogP contribution in [0.25, 0.3) is 11.3 Å². The summed E-state index contributed by atoms with van der Waals surface area (Å²) < 4.78 is 1.86. The molecule has 1 fully saturated rings. The van der Waals surface area contributed by atoms with Crippen molar-refractivity contribution in [2.75, 3.05) is 25.0 Å². The first-order valence-electron chi connectivity index (χ1n) is 8.34. The molecule has 0 radical (unpaired) electrons. The zero-order valence-electron chi connectivity index (χ0n) is 14.7. The minimum absolute atomic E-state index is 0.237. The second-order valence-corrected chi connectivity index (χ2v) is 6.32. The van der Waals surface area contributed by atoms with Crippen molar-refractivity contribution in [2.45, 2.75) is 27.2 Å². The Balaban J connectivity index is 1.71. The summed E-state index contributed by atoms with van der Waals surface area (Å²) in [5, 5.41) is 7.72. The van der Waals surface area contributed by atoms with Gasteiger partial charge < -0.3 is 10.2 Å². The van der Waals surface area contributed by atoms with Crippen molar-refractivity contribution in [1.82, 2.24) is 24.6 Å². The number of carbonyl (C=O) groups is 1. The van der Waals surface area contributed by atoms with Crippen LogP contribution in [0.15, 0.2) is 12.3 Å². The van der Waals surface area contributed by atoms with Crippen molar-refractivity contribution in [3.63, 3.8) is 0 Å². The van der Waals surface area contributed by atoms with Crippen molar-refractivity contribution in [3.05, 3.63) is 23.7 Å². The molecule has 3 rings (SSSR count). The normalized spacial score (nSPS) is 17.6. The molecule has 7 nitrogen and oxygen atoms in total. The monoisotopic (exact) mass is 328 g/mol. The average Bonchev–Trinajstić information content (AvgIpc) is 3.05. The first-order valence-corrected chi connectivity index (χ1v) is 8.34. The molecule has 1 saturated heterocycles. The van der Waals surface area contributed by atoms with Gasteiger partial charge >= 0.3 is 0 Å². The van der Waals surface area contributed by atoms with Crippen molar-refractivity contribution in [3.8, 4) is 11.3 Å². The molecule has 1 aliphatic heterocycles. The van der Waals surface area contributed by atoms with Gasteiger partial charge in [0, 0.05) is 56.5 Å². The second kappa shape index (κ2) is 6.59. The largest absolute Gasteiger partial charge is 0.354 e. The summed E-state index contributed by atoms with van der Waals surface area (Å²) >= 11 is 0. The summed E-state index contributed by atoms with van der Waals surface area (Å²) in [6.45, 7) is 8.33. The van der Waals surface area contributed by atoms with E-state index in [0.717, 1.165) is 35.7 Å². The van der Waals surface area contributed by atoms with E-state index in [2.05, 4.69) is 20.4 Å². The highest BCUT2D eigenvalue weighted by Gasteiger charge is 2.28. The number of amides is 1. The highest BCUT2D eigenvalue weighted by Crippen LogP contribution is 2.25. The predicted molar refractivity (Wildman–Crippen MR) is 92.6 cm³/mol. The molecule has 0 spiro atoms. The molecule has 2 aromatic rings. The fourth-order valence-corrected chi connectivity index (χ4v) is 3.26. The number of nitrogens with one attached hydrogen (secondary N) is 1. The Morgan fingerprint density at radius 3 is 2.79 bits per heavy atom. The van der Waals surface area contributed by atoms with Crippen LogP contribution in [-0.4, -0.2) is 50.2 Å². The summed E-state index contributed by atoms with van der Waals surface area (Å²) in [4.78, 5) is 22.6. The van der Waals surface area contributed by atoms with Crippen LogP contribution in [0, 0.1) is 19.8 Å². The fourth-order valence-electron chi connectivity index (χ4n) is 3.26. The number of rotatable bonds is 5. The quantitative estimate of drug-likeness (QED) is 0.905. The van der Waals surface area contributed by atoms with Crippen molar-refractivity contribution >= 4 is 11.9 Å². The zero-order valence-corrected chi connectivity index (χ0v) is 14.7. The molecule has 2 aromatic heterocycles. The van der Waals surface area contributed by atoms with Gasteiger partial charge in [0.2, 0.25) is 11.9 Å². The standard InChI is InChI=1S/C17H24N6O/c1-5-23-10-13(8-15(23)24)9-19-17-18-7-6-14(20-17)16-11(2)21-22(4)12(16)3/h6-7,13H,5,8-10H2,1-4H3,(H,18,19,20)/t13-/m0/s1. The predicted octanol–water partition coefficient (Wildman–Crippen LogP) is 1.77. The number of hydrogen-bond donors (Lipinski definition) is 1. The van der Waals surface area contributed by atoms with Crippen LogP contribution in [-0.2, 0) is 11.8 Å². The zero-order chi connectivity index (χ0) is 17.3.